The van der Waals surface area contributed by atoms with Gasteiger partial charge in [0.25, 0.3) is 0 Å². The molecule has 0 aliphatic carbocycles. The van der Waals surface area contributed by atoms with Crippen LogP contribution in [0.25, 0.3) is 11.3 Å². The quantitative estimate of drug-likeness (QED) is 0.650. The second-order valence-corrected chi connectivity index (χ2v) is 7.14. The number of nitrogens with one attached hydrogen (secondary N) is 1. The summed E-state index contributed by atoms with van der Waals surface area (Å²) in [5.41, 5.74) is 11.4. The van der Waals surface area contributed by atoms with E-state index >= 15 is 0 Å². The minimum Gasteiger partial charge on any atom is -0.369 e. The molecule has 0 saturated carbocycles. The molecule has 0 aliphatic rings. The number of halogens is 1. The molecule has 1 aromatic heterocycles. The Morgan fingerprint density at radius 3 is 2.31 bits per heavy atom. The molecule has 5 heteroatoms. The van der Waals surface area contributed by atoms with Crippen LogP contribution in [0.4, 0.5) is 11.8 Å². The third-order valence-electron chi connectivity index (χ3n) is 4.29. The van der Waals surface area contributed by atoms with Gasteiger partial charge in [-0.2, -0.15) is 4.98 Å². The van der Waals surface area contributed by atoms with E-state index in [1.54, 1.807) is 0 Å². The Kier molecular flexibility index (Phi) is 5.43. The van der Waals surface area contributed by atoms with E-state index in [0.29, 0.717) is 5.92 Å². The van der Waals surface area contributed by atoms with Crippen molar-refractivity contribution in [1.29, 1.82) is 0 Å². The summed E-state index contributed by atoms with van der Waals surface area (Å²) < 4.78 is 0. The Morgan fingerprint density at radius 2 is 1.65 bits per heavy atom. The summed E-state index contributed by atoms with van der Waals surface area (Å²) >= 11 is 5.96. The van der Waals surface area contributed by atoms with E-state index < -0.39 is 0 Å². The van der Waals surface area contributed by atoms with Crippen molar-refractivity contribution in [2.24, 2.45) is 0 Å². The van der Waals surface area contributed by atoms with Gasteiger partial charge in [-0.15, -0.1) is 0 Å². The van der Waals surface area contributed by atoms with Crippen LogP contribution in [0.15, 0.2) is 48.5 Å². The van der Waals surface area contributed by atoms with E-state index in [9.17, 15) is 0 Å². The Bertz CT molecular complexity index is 886. The molecule has 3 N–H and O–H groups in total. The summed E-state index contributed by atoms with van der Waals surface area (Å²) in [5, 5.41) is 4.12. The van der Waals surface area contributed by atoms with Gasteiger partial charge < -0.3 is 11.1 Å². The zero-order valence-corrected chi connectivity index (χ0v) is 16.0. The molecule has 0 bridgehead atoms. The number of hydrogen-bond acceptors (Lipinski definition) is 4. The molecule has 0 radical (unpaired) electrons. The fourth-order valence-electron chi connectivity index (χ4n) is 2.99. The smallest absolute Gasteiger partial charge is 0.222 e. The van der Waals surface area contributed by atoms with Crippen molar-refractivity contribution in [1.82, 2.24) is 9.97 Å². The monoisotopic (exact) mass is 366 g/mol. The lowest BCUT2D eigenvalue weighted by Crippen LogP contribution is -2.12. The molecule has 1 unspecified atom stereocenters. The third-order valence-corrected chi connectivity index (χ3v) is 4.54. The number of benzene rings is 2. The topological polar surface area (TPSA) is 63.8 Å². The highest BCUT2D eigenvalue weighted by molar-refractivity contribution is 6.30. The molecule has 1 atom stereocenters. The van der Waals surface area contributed by atoms with Gasteiger partial charge in [-0.1, -0.05) is 47.9 Å². The van der Waals surface area contributed by atoms with Crippen LogP contribution in [0.1, 0.15) is 29.5 Å². The molecule has 2 aromatic carbocycles. The van der Waals surface area contributed by atoms with Crippen molar-refractivity contribution < 1.29 is 0 Å². The fourth-order valence-corrected chi connectivity index (χ4v) is 3.12. The van der Waals surface area contributed by atoms with Crippen molar-refractivity contribution >= 4 is 23.4 Å². The molecule has 0 saturated heterocycles. The molecule has 134 valence electrons. The van der Waals surface area contributed by atoms with E-state index in [0.717, 1.165) is 28.6 Å². The third kappa shape index (κ3) is 4.52. The average Bonchev–Trinajstić information content (AvgIpc) is 2.59. The van der Waals surface area contributed by atoms with Crippen LogP contribution in [0, 0.1) is 13.8 Å². The van der Waals surface area contributed by atoms with E-state index in [1.807, 2.05) is 30.3 Å². The number of rotatable bonds is 5. The maximum atomic E-state index is 5.96. The first-order valence-electron chi connectivity index (χ1n) is 8.63. The Balaban J connectivity index is 1.78. The second kappa shape index (κ2) is 7.75. The van der Waals surface area contributed by atoms with Gasteiger partial charge in [-0.25, -0.2) is 4.98 Å². The number of aryl methyl sites for hydroxylation is 2. The Labute approximate surface area is 159 Å². The van der Waals surface area contributed by atoms with Crippen LogP contribution in [-0.2, 0) is 0 Å². The maximum Gasteiger partial charge on any atom is 0.222 e. The van der Waals surface area contributed by atoms with Gasteiger partial charge in [0.15, 0.2) is 0 Å². The maximum absolute atomic E-state index is 5.96. The molecule has 0 spiro atoms. The van der Waals surface area contributed by atoms with Crippen LogP contribution in [-0.4, -0.2) is 16.5 Å². The fraction of sp³-hybridized carbons (Fsp3) is 0.238. The SMILES string of the molecule is Cc1cc(C)cc(-c2cc(NCC(C)c3ccc(Cl)cc3)nc(N)n2)c1. The van der Waals surface area contributed by atoms with Gasteiger partial charge in [0.2, 0.25) is 5.95 Å². The van der Waals surface area contributed by atoms with E-state index in [1.165, 1.54) is 16.7 Å². The minimum atomic E-state index is 0.267. The molecule has 0 aliphatic heterocycles. The second-order valence-electron chi connectivity index (χ2n) is 6.71. The average molecular weight is 367 g/mol. The first kappa shape index (κ1) is 18.2. The van der Waals surface area contributed by atoms with Gasteiger partial charge in [0.05, 0.1) is 5.69 Å². The van der Waals surface area contributed by atoms with Crippen LogP contribution in [0.2, 0.25) is 5.02 Å². The van der Waals surface area contributed by atoms with Crippen LogP contribution < -0.4 is 11.1 Å². The number of nitrogens with zero attached hydrogens (tertiary/aromatic N) is 2. The highest BCUT2D eigenvalue weighted by atomic mass is 35.5. The molecule has 0 fully saturated rings. The summed E-state index contributed by atoms with van der Waals surface area (Å²) in [6.45, 7) is 7.05. The zero-order valence-electron chi connectivity index (χ0n) is 15.3. The van der Waals surface area contributed by atoms with Crippen molar-refractivity contribution in [3.8, 4) is 11.3 Å². The summed E-state index contributed by atoms with van der Waals surface area (Å²) in [6.07, 6.45) is 0. The van der Waals surface area contributed by atoms with Crippen molar-refractivity contribution in [3.05, 3.63) is 70.2 Å². The van der Waals surface area contributed by atoms with E-state index in [-0.39, 0.29) is 5.95 Å². The lowest BCUT2D eigenvalue weighted by Gasteiger charge is -2.14. The molecule has 4 nitrogen and oxygen atoms in total. The molecule has 26 heavy (non-hydrogen) atoms. The number of anilines is 2. The summed E-state index contributed by atoms with van der Waals surface area (Å²) in [6, 6.07) is 16.2. The molecule has 3 rings (SSSR count). The van der Waals surface area contributed by atoms with Crippen molar-refractivity contribution in [3.63, 3.8) is 0 Å². The highest BCUT2D eigenvalue weighted by Crippen LogP contribution is 2.24. The number of nitrogen functional groups attached to an aromatic ring is 1. The molecule has 1 heterocycles. The van der Waals surface area contributed by atoms with Crippen LogP contribution in [0.5, 0.6) is 0 Å². The predicted molar refractivity (Wildman–Crippen MR) is 110 cm³/mol. The summed E-state index contributed by atoms with van der Waals surface area (Å²) in [4.78, 5) is 8.71. The number of nitrogens with two attached hydrogens (primary N) is 1. The summed E-state index contributed by atoms with van der Waals surface area (Å²) in [5.74, 6) is 1.31. The van der Waals surface area contributed by atoms with Crippen LogP contribution in [0.3, 0.4) is 0 Å². The molecular weight excluding hydrogens is 344 g/mol. The first-order chi connectivity index (χ1) is 12.4. The largest absolute Gasteiger partial charge is 0.369 e. The van der Waals surface area contributed by atoms with Crippen LogP contribution >= 0.6 is 11.6 Å². The Morgan fingerprint density at radius 1 is 1.00 bits per heavy atom. The van der Waals surface area contributed by atoms with Gasteiger partial charge in [0.1, 0.15) is 5.82 Å². The number of hydrogen-bond donors (Lipinski definition) is 2. The van der Waals surface area contributed by atoms with Crippen molar-refractivity contribution in [2.75, 3.05) is 17.6 Å². The lowest BCUT2D eigenvalue weighted by molar-refractivity contribution is 0.801. The zero-order chi connectivity index (χ0) is 18.7. The first-order valence-corrected chi connectivity index (χ1v) is 9.01. The summed E-state index contributed by atoms with van der Waals surface area (Å²) in [7, 11) is 0. The normalized spacial score (nSPS) is 12.0. The molecular formula is C21H23ClN4. The predicted octanol–water partition coefficient (Wildman–Crippen LogP) is 5.21. The van der Waals surface area contributed by atoms with Gasteiger partial charge in [-0.3, -0.25) is 0 Å². The number of aromatic nitrogens is 2. The minimum absolute atomic E-state index is 0.267. The molecule has 0 amide bonds. The van der Waals surface area contributed by atoms with Crippen molar-refractivity contribution in [2.45, 2.75) is 26.7 Å². The Hall–Kier alpha value is -2.59. The molecule has 3 aromatic rings. The van der Waals surface area contributed by atoms with Gasteiger partial charge in [-0.05, 0) is 49.6 Å². The lowest BCUT2D eigenvalue weighted by atomic mass is 10.0. The highest BCUT2D eigenvalue weighted by Gasteiger charge is 2.09. The van der Waals surface area contributed by atoms with Gasteiger partial charge >= 0.3 is 0 Å². The van der Waals surface area contributed by atoms with E-state index in [2.05, 4.69) is 54.3 Å². The standard InChI is InChI=1S/C21H23ClN4/c1-13-8-14(2)10-17(9-13)19-11-20(26-21(23)25-19)24-12-15(3)16-4-6-18(22)7-5-16/h4-11,15H,12H2,1-3H3,(H3,23,24,25,26). The van der Waals surface area contributed by atoms with Gasteiger partial charge in [0, 0.05) is 23.2 Å². The van der Waals surface area contributed by atoms with E-state index in [4.69, 9.17) is 17.3 Å².